The Labute approximate surface area is 116 Å². The minimum absolute atomic E-state index is 0.747. The van der Waals surface area contributed by atoms with Crippen LogP contribution in [0.2, 0.25) is 0 Å². The fraction of sp³-hybridized carbons (Fsp3) is 0.786. The van der Waals surface area contributed by atoms with Crippen LogP contribution in [0.15, 0.2) is 12.5 Å². The van der Waals surface area contributed by atoms with Crippen molar-refractivity contribution in [2.24, 2.45) is 0 Å². The highest BCUT2D eigenvalue weighted by atomic mass is 16.5. The van der Waals surface area contributed by atoms with Crippen LogP contribution in [0.25, 0.3) is 0 Å². The van der Waals surface area contributed by atoms with Crippen LogP contribution >= 0.6 is 0 Å². The number of nitrogens with one attached hydrogen (secondary N) is 1. The van der Waals surface area contributed by atoms with E-state index in [1.165, 1.54) is 38.9 Å². The largest absolute Gasteiger partial charge is 0.383 e. The molecular formula is C14H26N4O. The summed E-state index contributed by atoms with van der Waals surface area (Å²) in [5.74, 6) is 0. The molecule has 0 aromatic carbocycles. The minimum Gasteiger partial charge on any atom is -0.383 e. The quantitative estimate of drug-likeness (QED) is 0.680. The molecule has 1 N–H and O–H groups in total. The smallest absolute Gasteiger partial charge is 0.0949 e. The van der Waals surface area contributed by atoms with Gasteiger partial charge in [-0.1, -0.05) is 0 Å². The van der Waals surface area contributed by atoms with Gasteiger partial charge < -0.3 is 19.5 Å². The predicted molar refractivity (Wildman–Crippen MR) is 76.1 cm³/mol. The average molecular weight is 266 g/mol. The molecule has 2 heterocycles. The molecule has 1 aromatic heterocycles. The fourth-order valence-corrected chi connectivity index (χ4v) is 2.49. The zero-order chi connectivity index (χ0) is 13.3. The third-order valence-corrected chi connectivity index (χ3v) is 3.57. The van der Waals surface area contributed by atoms with E-state index in [0.29, 0.717) is 0 Å². The number of hydrogen-bond acceptors (Lipinski definition) is 4. The van der Waals surface area contributed by atoms with Crippen molar-refractivity contribution in [2.75, 3.05) is 39.9 Å². The molecule has 1 aromatic rings. The topological polar surface area (TPSA) is 42.3 Å². The SMILES string of the molecule is COCCNCc1cn(CCCN2CCCC2)cn1. The summed E-state index contributed by atoms with van der Waals surface area (Å²) < 4.78 is 7.19. The lowest BCUT2D eigenvalue weighted by Gasteiger charge is -2.13. The van der Waals surface area contributed by atoms with Crippen LogP contribution in [0.5, 0.6) is 0 Å². The van der Waals surface area contributed by atoms with E-state index in [4.69, 9.17) is 4.74 Å². The number of imidazole rings is 1. The molecule has 0 amide bonds. The summed E-state index contributed by atoms with van der Waals surface area (Å²) in [5.41, 5.74) is 1.11. The predicted octanol–water partition coefficient (Wildman–Crippen LogP) is 1.10. The Morgan fingerprint density at radius 2 is 2.16 bits per heavy atom. The van der Waals surface area contributed by atoms with E-state index in [-0.39, 0.29) is 0 Å². The van der Waals surface area contributed by atoms with E-state index in [0.717, 1.165) is 31.9 Å². The molecule has 19 heavy (non-hydrogen) atoms. The first-order valence-corrected chi connectivity index (χ1v) is 7.31. The highest BCUT2D eigenvalue weighted by molar-refractivity contribution is 4.96. The summed E-state index contributed by atoms with van der Waals surface area (Å²) in [7, 11) is 1.72. The summed E-state index contributed by atoms with van der Waals surface area (Å²) in [5, 5.41) is 3.31. The standard InChI is InChI=1S/C14H26N4O/c1-19-10-5-15-11-14-12-18(13-16-14)9-4-8-17-6-2-3-7-17/h12-13,15H,2-11H2,1H3. The lowest BCUT2D eigenvalue weighted by molar-refractivity contribution is 0.199. The van der Waals surface area contributed by atoms with Gasteiger partial charge in [0.2, 0.25) is 0 Å². The molecule has 2 rings (SSSR count). The molecule has 1 saturated heterocycles. The first-order valence-electron chi connectivity index (χ1n) is 7.31. The second-order valence-electron chi connectivity index (χ2n) is 5.17. The fourth-order valence-electron chi connectivity index (χ4n) is 2.49. The molecule has 0 unspecified atom stereocenters. The maximum Gasteiger partial charge on any atom is 0.0949 e. The summed E-state index contributed by atoms with van der Waals surface area (Å²) >= 11 is 0. The van der Waals surface area contributed by atoms with Crippen molar-refractivity contribution in [1.29, 1.82) is 0 Å². The second kappa shape index (κ2) is 8.30. The third kappa shape index (κ3) is 5.30. The zero-order valence-corrected chi connectivity index (χ0v) is 12.0. The maximum absolute atomic E-state index is 4.99. The first kappa shape index (κ1) is 14.5. The van der Waals surface area contributed by atoms with Gasteiger partial charge >= 0.3 is 0 Å². The van der Waals surface area contributed by atoms with Crippen LogP contribution in [-0.4, -0.2) is 54.3 Å². The normalized spacial score (nSPS) is 16.3. The molecule has 1 aliphatic heterocycles. The Hall–Kier alpha value is -0.910. The van der Waals surface area contributed by atoms with Crippen LogP contribution < -0.4 is 5.32 Å². The van der Waals surface area contributed by atoms with Gasteiger partial charge in [0.1, 0.15) is 0 Å². The highest BCUT2D eigenvalue weighted by Crippen LogP contribution is 2.08. The summed E-state index contributed by atoms with van der Waals surface area (Å²) in [6.07, 6.45) is 8.05. The molecule has 0 spiro atoms. The van der Waals surface area contributed by atoms with Gasteiger partial charge in [-0.05, 0) is 38.9 Å². The number of ether oxygens (including phenoxy) is 1. The monoisotopic (exact) mass is 266 g/mol. The van der Waals surface area contributed by atoms with Crippen LogP contribution in [-0.2, 0) is 17.8 Å². The molecule has 0 aliphatic carbocycles. The number of aromatic nitrogens is 2. The Kier molecular flexibility index (Phi) is 6.33. The van der Waals surface area contributed by atoms with Crippen molar-refractivity contribution >= 4 is 0 Å². The van der Waals surface area contributed by atoms with E-state index in [1.807, 2.05) is 6.33 Å². The minimum atomic E-state index is 0.747. The average Bonchev–Trinajstić information content (AvgIpc) is 3.07. The Morgan fingerprint density at radius 1 is 1.32 bits per heavy atom. The van der Waals surface area contributed by atoms with E-state index in [9.17, 15) is 0 Å². The highest BCUT2D eigenvalue weighted by Gasteiger charge is 2.10. The third-order valence-electron chi connectivity index (χ3n) is 3.57. The molecule has 1 aliphatic rings. The second-order valence-corrected chi connectivity index (χ2v) is 5.17. The molecule has 0 saturated carbocycles. The van der Waals surface area contributed by atoms with E-state index < -0.39 is 0 Å². The zero-order valence-electron chi connectivity index (χ0n) is 12.0. The Balaban J connectivity index is 1.60. The molecule has 5 nitrogen and oxygen atoms in total. The van der Waals surface area contributed by atoms with Crippen molar-refractivity contribution in [3.8, 4) is 0 Å². The lowest BCUT2D eigenvalue weighted by Crippen LogP contribution is -2.21. The number of aryl methyl sites for hydroxylation is 1. The van der Waals surface area contributed by atoms with Crippen LogP contribution in [0.3, 0.4) is 0 Å². The van der Waals surface area contributed by atoms with Crippen LogP contribution in [0.4, 0.5) is 0 Å². The van der Waals surface area contributed by atoms with Gasteiger partial charge in [0.15, 0.2) is 0 Å². The number of nitrogens with zero attached hydrogens (tertiary/aromatic N) is 3. The van der Waals surface area contributed by atoms with Crippen molar-refractivity contribution in [1.82, 2.24) is 19.8 Å². The van der Waals surface area contributed by atoms with Gasteiger partial charge in [0, 0.05) is 32.9 Å². The van der Waals surface area contributed by atoms with Crippen molar-refractivity contribution in [3.63, 3.8) is 0 Å². The number of methoxy groups -OCH3 is 1. The molecule has 0 bridgehead atoms. The van der Waals surface area contributed by atoms with Gasteiger partial charge in [-0.2, -0.15) is 0 Å². The van der Waals surface area contributed by atoms with Crippen molar-refractivity contribution in [2.45, 2.75) is 32.4 Å². The molecule has 108 valence electrons. The summed E-state index contributed by atoms with van der Waals surface area (Å²) in [6.45, 7) is 7.32. The van der Waals surface area contributed by atoms with Crippen molar-refractivity contribution in [3.05, 3.63) is 18.2 Å². The summed E-state index contributed by atoms with van der Waals surface area (Å²) in [4.78, 5) is 6.97. The number of likely N-dealkylation sites (tertiary alicyclic amines) is 1. The van der Waals surface area contributed by atoms with Gasteiger partial charge in [-0.3, -0.25) is 0 Å². The molecule has 0 radical (unpaired) electrons. The molecule has 0 atom stereocenters. The molecular weight excluding hydrogens is 240 g/mol. The van der Waals surface area contributed by atoms with E-state index in [1.54, 1.807) is 7.11 Å². The van der Waals surface area contributed by atoms with Crippen LogP contribution in [0.1, 0.15) is 25.0 Å². The first-order chi connectivity index (χ1) is 9.38. The maximum atomic E-state index is 4.99. The van der Waals surface area contributed by atoms with E-state index in [2.05, 4.69) is 26.0 Å². The van der Waals surface area contributed by atoms with E-state index >= 15 is 0 Å². The van der Waals surface area contributed by atoms with Gasteiger partial charge in [-0.25, -0.2) is 4.98 Å². The van der Waals surface area contributed by atoms with Gasteiger partial charge in [0.05, 0.1) is 18.6 Å². The van der Waals surface area contributed by atoms with Crippen LogP contribution in [0, 0.1) is 0 Å². The van der Waals surface area contributed by atoms with Crippen molar-refractivity contribution < 1.29 is 4.74 Å². The van der Waals surface area contributed by atoms with Gasteiger partial charge in [0.25, 0.3) is 0 Å². The lowest BCUT2D eigenvalue weighted by atomic mass is 10.4. The molecule has 5 heteroatoms. The Morgan fingerprint density at radius 3 is 2.95 bits per heavy atom. The summed E-state index contributed by atoms with van der Waals surface area (Å²) in [6, 6.07) is 0. The number of rotatable bonds is 9. The number of hydrogen-bond donors (Lipinski definition) is 1. The van der Waals surface area contributed by atoms with Gasteiger partial charge in [-0.15, -0.1) is 0 Å². The molecule has 1 fully saturated rings. The Bertz CT molecular complexity index is 347.